The van der Waals surface area contributed by atoms with E-state index in [0.29, 0.717) is 39.1 Å². The maximum absolute atomic E-state index is 12.6. The van der Waals surface area contributed by atoms with E-state index in [9.17, 15) is 18.0 Å². The molecule has 1 fully saturated rings. The van der Waals surface area contributed by atoms with Crippen LogP contribution in [0, 0.1) is 0 Å². The number of benzene rings is 1. The molecule has 0 radical (unpaired) electrons. The summed E-state index contributed by atoms with van der Waals surface area (Å²) in [4.78, 5) is 27.0. The second-order valence-electron chi connectivity index (χ2n) is 6.40. The van der Waals surface area contributed by atoms with Crippen LogP contribution in [0.5, 0.6) is 0 Å². The number of nitrogens with zero attached hydrogens (tertiary/aromatic N) is 3. The third-order valence-electron chi connectivity index (χ3n) is 4.83. The number of rotatable bonds is 4. The predicted molar refractivity (Wildman–Crippen MR) is 94.7 cm³/mol. The first-order chi connectivity index (χ1) is 11.9. The van der Waals surface area contributed by atoms with Crippen molar-refractivity contribution in [2.24, 2.45) is 0 Å². The number of para-hydroxylation sites is 1. The number of anilines is 1. The number of sulfonamides is 1. The van der Waals surface area contributed by atoms with E-state index in [1.807, 2.05) is 24.3 Å². The fourth-order valence-electron chi connectivity index (χ4n) is 3.35. The van der Waals surface area contributed by atoms with Gasteiger partial charge in [0, 0.05) is 46.1 Å². The maximum Gasteiger partial charge on any atom is 0.235 e. The van der Waals surface area contributed by atoms with Crippen molar-refractivity contribution >= 4 is 27.5 Å². The van der Waals surface area contributed by atoms with E-state index in [1.54, 1.807) is 9.80 Å². The number of piperazine rings is 1. The highest BCUT2D eigenvalue weighted by molar-refractivity contribution is 7.92. The molecule has 2 heterocycles. The number of hydrogen-bond acceptors (Lipinski definition) is 4. The highest BCUT2D eigenvalue weighted by Crippen LogP contribution is 2.30. The van der Waals surface area contributed by atoms with Crippen molar-refractivity contribution in [3.05, 3.63) is 29.8 Å². The van der Waals surface area contributed by atoms with Crippen LogP contribution in [0.25, 0.3) is 0 Å². The molecule has 2 amide bonds. The second kappa shape index (κ2) is 7.03. The average molecular weight is 365 g/mol. The minimum atomic E-state index is -3.51. The Morgan fingerprint density at radius 2 is 1.64 bits per heavy atom. The van der Waals surface area contributed by atoms with Gasteiger partial charge in [-0.05, 0) is 18.1 Å². The molecule has 0 N–H and O–H groups in total. The number of carbonyl (C=O) groups is 2. The van der Waals surface area contributed by atoms with Crippen LogP contribution >= 0.6 is 0 Å². The molecule has 0 aromatic heterocycles. The van der Waals surface area contributed by atoms with Crippen molar-refractivity contribution in [3.63, 3.8) is 0 Å². The fourth-order valence-corrected chi connectivity index (χ4v) is 4.85. The van der Waals surface area contributed by atoms with Gasteiger partial charge in [0.05, 0.1) is 11.4 Å². The third kappa shape index (κ3) is 3.78. The van der Waals surface area contributed by atoms with Crippen molar-refractivity contribution in [3.8, 4) is 0 Å². The first-order valence-electron chi connectivity index (χ1n) is 8.50. The van der Waals surface area contributed by atoms with Crippen LogP contribution in [0.3, 0.4) is 0 Å². The van der Waals surface area contributed by atoms with Crippen LogP contribution in [0.2, 0.25) is 0 Å². The van der Waals surface area contributed by atoms with E-state index < -0.39 is 10.0 Å². The van der Waals surface area contributed by atoms with Crippen molar-refractivity contribution < 1.29 is 18.0 Å². The Kier molecular flexibility index (Phi) is 4.99. The lowest BCUT2D eigenvalue weighted by Crippen LogP contribution is -2.50. The zero-order valence-electron chi connectivity index (χ0n) is 14.3. The molecule has 1 aromatic carbocycles. The smallest absolute Gasteiger partial charge is 0.235 e. The van der Waals surface area contributed by atoms with E-state index in [4.69, 9.17) is 0 Å². The lowest BCUT2D eigenvalue weighted by atomic mass is 10.2. The lowest BCUT2D eigenvalue weighted by Gasteiger charge is -2.34. The molecule has 0 atom stereocenters. The maximum atomic E-state index is 12.6. The molecule has 0 spiro atoms. The first-order valence-corrected chi connectivity index (χ1v) is 10.1. The van der Waals surface area contributed by atoms with E-state index >= 15 is 0 Å². The zero-order chi connectivity index (χ0) is 18.0. The van der Waals surface area contributed by atoms with E-state index in [2.05, 4.69) is 0 Å². The molecule has 0 bridgehead atoms. The molecule has 2 aliphatic heterocycles. The Balaban J connectivity index is 1.56. The first kappa shape index (κ1) is 17.7. The fraction of sp³-hybridized carbons (Fsp3) is 0.529. The molecule has 1 aromatic rings. The monoisotopic (exact) mass is 365 g/mol. The molecular weight excluding hydrogens is 342 g/mol. The van der Waals surface area contributed by atoms with Gasteiger partial charge in [-0.25, -0.2) is 8.42 Å². The van der Waals surface area contributed by atoms with Gasteiger partial charge in [0.1, 0.15) is 0 Å². The summed E-state index contributed by atoms with van der Waals surface area (Å²) in [6.45, 7) is 3.89. The Morgan fingerprint density at radius 1 is 1.00 bits per heavy atom. The molecule has 0 unspecified atom stereocenters. The SMILES string of the molecule is CC(=O)N1CCN(C(=O)CCS(=O)(=O)N2CCc3ccccc32)CC1. The van der Waals surface area contributed by atoms with Gasteiger partial charge in [-0.3, -0.25) is 13.9 Å². The normalized spacial score (nSPS) is 17.6. The quantitative estimate of drug-likeness (QED) is 0.777. The minimum Gasteiger partial charge on any atom is -0.339 e. The molecule has 25 heavy (non-hydrogen) atoms. The van der Waals surface area contributed by atoms with Crippen LogP contribution in [0.15, 0.2) is 24.3 Å². The molecule has 0 aliphatic carbocycles. The Morgan fingerprint density at radius 3 is 2.32 bits per heavy atom. The number of hydrogen-bond donors (Lipinski definition) is 0. The summed E-state index contributed by atoms with van der Waals surface area (Å²) in [5.41, 5.74) is 1.75. The molecule has 136 valence electrons. The van der Waals surface area contributed by atoms with Gasteiger partial charge in [-0.2, -0.15) is 0 Å². The highest BCUT2D eigenvalue weighted by atomic mass is 32.2. The number of amides is 2. The largest absolute Gasteiger partial charge is 0.339 e. The summed E-state index contributed by atoms with van der Waals surface area (Å²) in [5, 5.41) is 0. The van der Waals surface area contributed by atoms with Gasteiger partial charge in [0.15, 0.2) is 0 Å². The average Bonchev–Trinajstić information content (AvgIpc) is 3.05. The summed E-state index contributed by atoms with van der Waals surface area (Å²) in [6.07, 6.45) is 0.678. The Hall–Kier alpha value is -2.09. The van der Waals surface area contributed by atoms with Gasteiger partial charge < -0.3 is 9.80 Å². The van der Waals surface area contributed by atoms with Crippen molar-refractivity contribution in [2.75, 3.05) is 42.8 Å². The Bertz CT molecular complexity index is 770. The van der Waals surface area contributed by atoms with E-state index in [0.717, 1.165) is 11.3 Å². The summed E-state index contributed by atoms with van der Waals surface area (Å²) >= 11 is 0. The van der Waals surface area contributed by atoms with Crippen molar-refractivity contribution in [2.45, 2.75) is 19.8 Å². The standard InChI is InChI=1S/C17H23N3O4S/c1-14(21)18-9-11-19(12-10-18)17(22)7-13-25(23,24)20-8-6-15-4-2-3-5-16(15)20/h2-5H,6-13H2,1H3. The topological polar surface area (TPSA) is 78.0 Å². The van der Waals surface area contributed by atoms with Gasteiger partial charge in [0.25, 0.3) is 0 Å². The van der Waals surface area contributed by atoms with Gasteiger partial charge in [-0.15, -0.1) is 0 Å². The lowest BCUT2D eigenvalue weighted by molar-refractivity contribution is -0.138. The van der Waals surface area contributed by atoms with Crippen LogP contribution in [-0.4, -0.2) is 68.5 Å². The van der Waals surface area contributed by atoms with Gasteiger partial charge in [0.2, 0.25) is 21.8 Å². The summed E-state index contributed by atoms with van der Waals surface area (Å²) in [6, 6.07) is 7.47. The Labute approximate surface area is 148 Å². The predicted octanol–water partition coefficient (Wildman–Crippen LogP) is 0.460. The van der Waals surface area contributed by atoms with Crippen LogP contribution in [0.1, 0.15) is 18.9 Å². The van der Waals surface area contributed by atoms with E-state index in [-0.39, 0.29) is 24.0 Å². The summed E-state index contributed by atoms with van der Waals surface area (Å²) < 4.78 is 26.7. The molecule has 7 nitrogen and oxygen atoms in total. The van der Waals surface area contributed by atoms with Crippen molar-refractivity contribution in [1.29, 1.82) is 0 Å². The molecular formula is C17H23N3O4S. The van der Waals surface area contributed by atoms with Crippen LogP contribution < -0.4 is 4.31 Å². The minimum absolute atomic E-state index is 0.00220. The number of fused-ring (bicyclic) bond motifs is 1. The number of carbonyl (C=O) groups excluding carboxylic acids is 2. The third-order valence-corrected chi connectivity index (χ3v) is 6.60. The molecule has 0 saturated carbocycles. The highest BCUT2D eigenvalue weighted by Gasteiger charge is 2.30. The zero-order valence-corrected chi connectivity index (χ0v) is 15.2. The summed E-state index contributed by atoms with van der Waals surface area (Å²) in [5.74, 6) is -0.353. The van der Waals surface area contributed by atoms with Gasteiger partial charge in [-0.1, -0.05) is 18.2 Å². The van der Waals surface area contributed by atoms with Crippen LogP contribution in [-0.2, 0) is 26.0 Å². The van der Waals surface area contributed by atoms with Gasteiger partial charge >= 0.3 is 0 Å². The van der Waals surface area contributed by atoms with E-state index in [1.165, 1.54) is 11.2 Å². The summed E-state index contributed by atoms with van der Waals surface area (Å²) in [7, 11) is -3.51. The molecule has 2 aliphatic rings. The molecule has 1 saturated heterocycles. The second-order valence-corrected chi connectivity index (χ2v) is 8.42. The van der Waals surface area contributed by atoms with Crippen LogP contribution in [0.4, 0.5) is 5.69 Å². The van der Waals surface area contributed by atoms with Crippen molar-refractivity contribution in [1.82, 2.24) is 9.80 Å². The molecule has 8 heteroatoms. The molecule has 3 rings (SSSR count).